The van der Waals surface area contributed by atoms with Crippen LogP contribution >= 0.6 is 0 Å². The Morgan fingerprint density at radius 1 is 1.17 bits per heavy atom. The van der Waals surface area contributed by atoms with Gasteiger partial charge in [0, 0.05) is 47.6 Å². The highest BCUT2D eigenvalue weighted by Crippen LogP contribution is 2.28. The van der Waals surface area contributed by atoms with E-state index in [0.717, 1.165) is 39.9 Å². The molecule has 0 saturated carbocycles. The van der Waals surface area contributed by atoms with E-state index in [2.05, 4.69) is 20.3 Å². The van der Waals surface area contributed by atoms with Gasteiger partial charge in [0.25, 0.3) is 0 Å². The summed E-state index contributed by atoms with van der Waals surface area (Å²) in [5.74, 6) is -0.759. The Kier molecular flexibility index (Phi) is 7.32. The van der Waals surface area contributed by atoms with E-state index in [1.54, 1.807) is 12.5 Å². The number of rotatable bonds is 10. The molecule has 4 rings (SSSR count). The molecular weight excluding hydrogens is 471 g/mol. The summed E-state index contributed by atoms with van der Waals surface area (Å²) in [6.45, 7) is 3.34. The van der Waals surface area contributed by atoms with E-state index in [9.17, 15) is 17.6 Å². The summed E-state index contributed by atoms with van der Waals surface area (Å²) >= 11 is 0. The number of benzene rings is 2. The molecular formula is C25H27FN4O4S. The molecule has 10 heteroatoms. The number of hydrogen-bond donors (Lipinski definition) is 1. The van der Waals surface area contributed by atoms with E-state index in [4.69, 9.17) is 4.74 Å². The maximum Gasteiger partial charge on any atom is 0.307 e. The van der Waals surface area contributed by atoms with Gasteiger partial charge < -0.3 is 13.9 Å². The Balaban J connectivity index is 1.57. The van der Waals surface area contributed by atoms with Crippen molar-refractivity contribution in [3.05, 3.63) is 83.8 Å². The second-order valence-corrected chi connectivity index (χ2v) is 10.00. The van der Waals surface area contributed by atoms with Crippen LogP contribution in [0.3, 0.4) is 0 Å². The minimum atomic E-state index is -3.73. The van der Waals surface area contributed by atoms with Gasteiger partial charge in [-0.3, -0.25) is 4.79 Å². The van der Waals surface area contributed by atoms with E-state index >= 15 is 0 Å². The summed E-state index contributed by atoms with van der Waals surface area (Å²) in [6, 6.07) is 10.8. The third-order valence-electron chi connectivity index (χ3n) is 6.02. The molecule has 0 radical (unpaired) electrons. The lowest BCUT2D eigenvalue weighted by atomic mass is 10.1. The molecule has 2 heterocycles. The molecule has 0 saturated heterocycles. The Morgan fingerprint density at radius 2 is 1.94 bits per heavy atom. The Bertz CT molecular complexity index is 1430. The molecule has 4 aromatic rings. The first-order valence-corrected chi connectivity index (χ1v) is 12.6. The van der Waals surface area contributed by atoms with Crippen LogP contribution in [0.15, 0.2) is 66.1 Å². The van der Waals surface area contributed by atoms with Crippen molar-refractivity contribution >= 4 is 26.9 Å². The largest absolute Gasteiger partial charge is 0.469 e. The summed E-state index contributed by atoms with van der Waals surface area (Å²) in [5, 5.41) is 1.04. The Hall–Kier alpha value is -3.50. The molecule has 0 spiro atoms. The molecule has 0 bridgehead atoms. The first-order chi connectivity index (χ1) is 16.8. The van der Waals surface area contributed by atoms with E-state index in [0.29, 0.717) is 19.5 Å². The van der Waals surface area contributed by atoms with Gasteiger partial charge in [-0.05, 0) is 55.3 Å². The van der Waals surface area contributed by atoms with Crippen molar-refractivity contribution in [1.82, 2.24) is 18.8 Å². The number of aryl methyl sites for hydroxylation is 1. The van der Waals surface area contributed by atoms with Gasteiger partial charge in [0.2, 0.25) is 10.0 Å². The summed E-state index contributed by atoms with van der Waals surface area (Å²) < 4.78 is 49.6. The molecule has 0 amide bonds. The minimum Gasteiger partial charge on any atom is -0.469 e. The molecule has 0 unspecified atom stereocenters. The molecule has 8 nitrogen and oxygen atoms in total. The van der Waals surface area contributed by atoms with Crippen molar-refractivity contribution < 1.29 is 22.3 Å². The van der Waals surface area contributed by atoms with Gasteiger partial charge in [-0.1, -0.05) is 6.07 Å². The highest BCUT2D eigenvalue weighted by molar-refractivity contribution is 7.89. The molecule has 1 N–H and O–H groups in total. The molecule has 0 aliphatic rings. The van der Waals surface area contributed by atoms with Gasteiger partial charge in [0.15, 0.2) is 0 Å². The fourth-order valence-corrected chi connectivity index (χ4v) is 5.17. The number of halogens is 1. The van der Waals surface area contributed by atoms with Crippen molar-refractivity contribution in [3.8, 4) is 0 Å². The van der Waals surface area contributed by atoms with Gasteiger partial charge in [-0.2, -0.15) is 0 Å². The number of carbonyl (C=O) groups is 1. The second-order valence-electron chi connectivity index (χ2n) is 8.23. The molecule has 0 atom stereocenters. The standard InChI is InChI=1S/C25H27FN4O4S/c1-18-23(16-29-14-12-27-17-29)22-15-19(3-8-24(22)30(18)13-10-25(31)34-2)9-11-28-35(32,33)21-6-4-20(26)5-7-21/h3-8,12,14-15,17,28H,9-11,13,16H2,1-2H3. The summed E-state index contributed by atoms with van der Waals surface area (Å²) in [6.07, 6.45) is 6.12. The molecule has 35 heavy (non-hydrogen) atoms. The predicted octanol–water partition coefficient (Wildman–Crippen LogP) is 3.42. The van der Waals surface area contributed by atoms with Gasteiger partial charge in [0.1, 0.15) is 5.82 Å². The van der Waals surface area contributed by atoms with Gasteiger partial charge in [0.05, 0.1) is 31.3 Å². The number of carbonyl (C=O) groups excluding carboxylic acids is 1. The number of ether oxygens (including phenoxy) is 1. The van der Waals surface area contributed by atoms with Crippen LogP contribution in [-0.2, 0) is 39.1 Å². The fourth-order valence-electron chi connectivity index (χ4n) is 4.14. The average molecular weight is 499 g/mol. The van der Waals surface area contributed by atoms with E-state index in [1.165, 1.54) is 19.2 Å². The van der Waals surface area contributed by atoms with Gasteiger partial charge in [-0.15, -0.1) is 0 Å². The number of methoxy groups -OCH3 is 1. The summed E-state index contributed by atoms with van der Waals surface area (Å²) in [7, 11) is -2.35. The zero-order chi connectivity index (χ0) is 25.0. The number of esters is 1. The van der Waals surface area contributed by atoms with Crippen LogP contribution in [0.1, 0.15) is 23.2 Å². The molecule has 0 aliphatic heterocycles. The van der Waals surface area contributed by atoms with Crippen molar-refractivity contribution in [3.63, 3.8) is 0 Å². The monoisotopic (exact) mass is 498 g/mol. The van der Waals surface area contributed by atoms with E-state index in [-0.39, 0.29) is 23.8 Å². The van der Waals surface area contributed by atoms with Gasteiger partial charge in [-0.25, -0.2) is 22.5 Å². The van der Waals surface area contributed by atoms with Crippen molar-refractivity contribution in [2.75, 3.05) is 13.7 Å². The quantitative estimate of drug-likeness (QED) is 0.338. The lowest BCUT2D eigenvalue weighted by Crippen LogP contribution is -2.26. The number of nitrogens with one attached hydrogen (secondary N) is 1. The Labute approximate surface area is 203 Å². The van der Waals surface area contributed by atoms with Crippen LogP contribution < -0.4 is 4.72 Å². The number of imidazole rings is 1. The maximum absolute atomic E-state index is 13.1. The lowest BCUT2D eigenvalue weighted by molar-refractivity contribution is -0.140. The van der Waals surface area contributed by atoms with Crippen molar-refractivity contribution in [2.45, 2.75) is 37.8 Å². The SMILES string of the molecule is COC(=O)CCn1c(C)c(Cn2ccnc2)c2cc(CCNS(=O)(=O)c3ccc(F)cc3)ccc21. The number of nitrogens with zero attached hydrogens (tertiary/aromatic N) is 3. The zero-order valence-electron chi connectivity index (χ0n) is 19.6. The second kappa shape index (κ2) is 10.4. The van der Waals surface area contributed by atoms with E-state index in [1.807, 2.05) is 29.8 Å². The minimum absolute atomic E-state index is 0.0234. The molecule has 184 valence electrons. The van der Waals surface area contributed by atoms with E-state index < -0.39 is 15.8 Å². The van der Waals surface area contributed by atoms with Crippen LogP contribution in [0.2, 0.25) is 0 Å². The first kappa shape index (κ1) is 24.6. The third-order valence-corrected chi connectivity index (χ3v) is 7.49. The number of sulfonamides is 1. The molecule has 2 aromatic carbocycles. The number of aromatic nitrogens is 3. The highest BCUT2D eigenvalue weighted by atomic mass is 32.2. The van der Waals surface area contributed by atoms with Crippen LogP contribution in [0.5, 0.6) is 0 Å². The molecule has 0 aliphatic carbocycles. The van der Waals surface area contributed by atoms with Crippen LogP contribution in [0, 0.1) is 12.7 Å². The zero-order valence-corrected chi connectivity index (χ0v) is 20.4. The van der Waals surface area contributed by atoms with Gasteiger partial charge >= 0.3 is 5.97 Å². The lowest BCUT2D eigenvalue weighted by Gasteiger charge is -2.09. The Morgan fingerprint density at radius 3 is 2.63 bits per heavy atom. The normalized spacial score (nSPS) is 11.7. The maximum atomic E-state index is 13.1. The fraction of sp³-hybridized carbons (Fsp3) is 0.280. The van der Waals surface area contributed by atoms with Crippen LogP contribution in [0.4, 0.5) is 4.39 Å². The average Bonchev–Trinajstić information content (AvgIpc) is 3.44. The topological polar surface area (TPSA) is 95.2 Å². The van der Waals surface area contributed by atoms with Crippen LogP contribution in [-0.4, -0.2) is 42.2 Å². The van der Waals surface area contributed by atoms with Crippen molar-refractivity contribution in [1.29, 1.82) is 0 Å². The number of fused-ring (bicyclic) bond motifs is 1. The van der Waals surface area contributed by atoms with Crippen molar-refractivity contribution in [2.24, 2.45) is 0 Å². The van der Waals surface area contributed by atoms with Crippen LogP contribution in [0.25, 0.3) is 10.9 Å². The highest BCUT2D eigenvalue weighted by Gasteiger charge is 2.17. The predicted molar refractivity (Wildman–Crippen MR) is 130 cm³/mol. The molecule has 0 fully saturated rings. The smallest absolute Gasteiger partial charge is 0.307 e. The summed E-state index contributed by atoms with van der Waals surface area (Å²) in [5.41, 5.74) is 4.12. The third kappa shape index (κ3) is 5.60. The molecule has 2 aromatic heterocycles. The first-order valence-electron chi connectivity index (χ1n) is 11.2. The summed E-state index contributed by atoms with van der Waals surface area (Å²) in [4.78, 5) is 15.9. The number of hydrogen-bond acceptors (Lipinski definition) is 5.